The molecular formula is C15H22ClNO. The van der Waals surface area contributed by atoms with Crippen LogP contribution in [0.3, 0.4) is 0 Å². The molecule has 0 bridgehead atoms. The smallest absolute Gasteiger partial charge is 0.123 e. The van der Waals surface area contributed by atoms with Crippen molar-refractivity contribution in [1.82, 2.24) is 5.32 Å². The van der Waals surface area contributed by atoms with Crippen molar-refractivity contribution in [3.63, 3.8) is 0 Å². The Morgan fingerprint density at radius 1 is 1.44 bits per heavy atom. The van der Waals surface area contributed by atoms with Crippen LogP contribution in [-0.2, 0) is 6.42 Å². The van der Waals surface area contributed by atoms with Gasteiger partial charge < -0.3 is 10.1 Å². The van der Waals surface area contributed by atoms with Crippen molar-refractivity contribution in [3.05, 3.63) is 28.8 Å². The summed E-state index contributed by atoms with van der Waals surface area (Å²) in [7, 11) is 0. The van der Waals surface area contributed by atoms with E-state index < -0.39 is 0 Å². The molecular weight excluding hydrogens is 246 g/mol. The van der Waals surface area contributed by atoms with Gasteiger partial charge in [-0.1, -0.05) is 31.9 Å². The Balaban J connectivity index is 1.84. The maximum Gasteiger partial charge on any atom is 0.123 e. The van der Waals surface area contributed by atoms with Gasteiger partial charge in [-0.25, -0.2) is 0 Å². The Labute approximate surface area is 115 Å². The van der Waals surface area contributed by atoms with Gasteiger partial charge in [0.15, 0.2) is 0 Å². The van der Waals surface area contributed by atoms with Crippen molar-refractivity contribution >= 4 is 11.6 Å². The second-order valence-corrected chi connectivity index (χ2v) is 5.43. The number of fused-ring (bicyclic) bond motifs is 1. The first-order valence-corrected chi connectivity index (χ1v) is 7.29. The monoisotopic (exact) mass is 267 g/mol. The van der Waals surface area contributed by atoms with Gasteiger partial charge in [0.1, 0.15) is 11.9 Å². The lowest BCUT2D eigenvalue weighted by Gasteiger charge is -2.19. The predicted molar refractivity (Wildman–Crippen MR) is 76.6 cm³/mol. The molecule has 2 nitrogen and oxygen atoms in total. The van der Waals surface area contributed by atoms with Crippen molar-refractivity contribution in [2.45, 2.75) is 51.7 Å². The fourth-order valence-corrected chi connectivity index (χ4v) is 2.69. The third-order valence-corrected chi connectivity index (χ3v) is 3.76. The van der Waals surface area contributed by atoms with Crippen molar-refractivity contribution < 1.29 is 4.74 Å². The van der Waals surface area contributed by atoms with Crippen LogP contribution in [0.25, 0.3) is 0 Å². The van der Waals surface area contributed by atoms with Gasteiger partial charge in [0.05, 0.1) is 0 Å². The molecule has 2 atom stereocenters. The molecule has 1 aromatic rings. The zero-order chi connectivity index (χ0) is 13.0. The average Bonchev–Trinajstić information content (AvgIpc) is 2.76. The minimum absolute atomic E-state index is 0.254. The molecule has 1 N–H and O–H groups in total. The molecule has 0 spiro atoms. The summed E-state index contributed by atoms with van der Waals surface area (Å²) >= 11 is 5.99. The minimum atomic E-state index is 0.254. The molecule has 1 aliphatic heterocycles. The van der Waals surface area contributed by atoms with Gasteiger partial charge in [-0.3, -0.25) is 0 Å². The van der Waals surface area contributed by atoms with Crippen LogP contribution in [-0.4, -0.2) is 18.7 Å². The van der Waals surface area contributed by atoms with E-state index in [1.54, 1.807) is 0 Å². The van der Waals surface area contributed by atoms with E-state index >= 15 is 0 Å². The van der Waals surface area contributed by atoms with E-state index in [-0.39, 0.29) is 6.10 Å². The van der Waals surface area contributed by atoms with E-state index in [0.29, 0.717) is 6.04 Å². The number of nitrogens with one attached hydrogen (secondary N) is 1. The first-order chi connectivity index (χ1) is 8.72. The molecule has 3 heteroatoms. The first kappa shape index (κ1) is 13.7. The van der Waals surface area contributed by atoms with Crippen molar-refractivity contribution in [3.8, 4) is 5.75 Å². The Morgan fingerprint density at radius 3 is 3.00 bits per heavy atom. The number of ether oxygens (including phenoxy) is 1. The Kier molecular flexibility index (Phi) is 4.90. The highest BCUT2D eigenvalue weighted by Crippen LogP contribution is 2.30. The second-order valence-electron chi connectivity index (χ2n) is 5.00. The average molecular weight is 268 g/mol. The maximum absolute atomic E-state index is 5.99. The van der Waals surface area contributed by atoms with E-state index in [2.05, 4.69) is 19.2 Å². The molecule has 100 valence electrons. The Bertz CT molecular complexity index is 394. The zero-order valence-electron chi connectivity index (χ0n) is 11.2. The zero-order valence-corrected chi connectivity index (χ0v) is 12.0. The van der Waals surface area contributed by atoms with Crippen LogP contribution in [0, 0.1) is 0 Å². The van der Waals surface area contributed by atoms with Gasteiger partial charge >= 0.3 is 0 Å². The molecule has 18 heavy (non-hydrogen) atoms. The number of benzene rings is 1. The van der Waals surface area contributed by atoms with Crippen LogP contribution in [0.2, 0.25) is 5.02 Å². The third kappa shape index (κ3) is 3.39. The summed E-state index contributed by atoms with van der Waals surface area (Å²) in [5, 5.41) is 4.40. The number of rotatable bonds is 6. The standard InChI is InChI=1S/C15H22ClNO/c1-3-5-13(4-2)17-10-14-9-11-8-12(16)6-7-15(11)18-14/h6-8,13-14,17H,3-5,9-10H2,1-2H3. The molecule has 2 unspecified atom stereocenters. The molecule has 0 aliphatic carbocycles. The Morgan fingerprint density at radius 2 is 2.28 bits per heavy atom. The van der Waals surface area contributed by atoms with Crippen LogP contribution in [0.4, 0.5) is 0 Å². The van der Waals surface area contributed by atoms with Crippen molar-refractivity contribution in [2.24, 2.45) is 0 Å². The summed E-state index contributed by atoms with van der Waals surface area (Å²) in [6.07, 6.45) is 4.86. The largest absolute Gasteiger partial charge is 0.488 e. The fourth-order valence-electron chi connectivity index (χ4n) is 2.50. The summed E-state index contributed by atoms with van der Waals surface area (Å²) in [6, 6.07) is 6.49. The summed E-state index contributed by atoms with van der Waals surface area (Å²) in [4.78, 5) is 0. The molecule has 1 aliphatic rings. The van der Waals surface area contributed by atoms with Crippen LogP contribution >= 0.6 is 11.6 Å². The van der Waals surface area contributed by atoms with Gasteiger partial charge in [-0.05, 0) is 36.6 Å². The lowest BCUT2D eigenvalue weighted by atomic mass is 10.1. The first-order valence-electron chi connectivity index (χ1n) is 6.91. The van der Waals surface area contributed by atoms with Crippen LogP contribution in [0.15, 0.2) is 18.2 Å². The normalized spacial score (nSPS) is 19.4. The minimum Gasteiger partial charge on any atom is -0.488 e. The van der Waals surface area contributed by atoms with Crippen molar-refractivity contribution in [1.29, 1.82) is 0 Å². The van der Waals surface area contributed by atoms with Gasteiger partial charge in [0, 0.05) is 24.0 Å². The molecule has 1 heterocycles. The molecule has 0 fully saturated rings. The SMILES string of the molecule is CCCC(CC)NCC1Cc2cc(Cl)ccc2O1. The molecule has 0 aromatic heterocycles. The molecule has 2 rings (SSSR count). The number of halogens is 1. The van der Waals surface area contributed by atoms with E-state index in [1.165, 1.54) is 24.8 Å². The van der Waals surface area contributed by atoms with Gasteiger partial charge in [0.25, 0.3) is 0 Å². The van der Waals surface area contributed by atoms with E-state index in [9.17, 15) is 0 Å². The molecule has 0 saturated carbocycles. The van der Waals surface area contributed by atoms with E-state index in [1.807, 2.05) is 18.2 Å². The van der Waals surface area contributed by atoms with Gasteiger partial charge in [0.2, 0.25) is 0 Å². The quantitative estimate of drug-likeness (QED) is 0.846. The van der Waals surface area contributed by atoms with Crippen LogP contribution in [0.5, 0.6) is 5.75 Å². The molecule has 0 saturated heterocycles. The molecule has 0 amide bonds. The summed E-state index contributed by atoms with van der Waals surface area (Å²) < 4.78 is 5.91. The highest BCUT2D eigenvalue weighted by atomic mass is 35.5. The van der Waals surface area contributed by atoms with Gasteiger partial charge in [-0.15, -0.1) is 0 Å². The van der Waals surface area contributed by atoms with E-state index in [4.69, 9.17) is 16.3 Å². The summed E-state index contributed by atoms with van der Waals surface area (Å²) in [6.45, 7) is 5.39. The van der Waals surface area contributed by atoms with Crippen LogP contribution < -0.4 is 10.1 Å². The van der Waals surface area contributed by atoms with E-state index in [0.717, 1.165) is 23.7 Å². The predicted octanol–water partition coefficient (Wildman–Crippen LogP) is 3.81. The number of hydrogen-bond acceptors (Lipinski definition) is 2. The fraction of sp³-hybridized carbons (Fsp3) is 0.600. The molecule has 0 radical (unpaired) electrons. The lowest BCUT2D eigenvalue weighted by Crippen LogP contribution is -2.37. The van der Waals surface area contributed by atoms with Crippen LogP contribution in [0.1, 0.15) is 38.7 Å². The van der Waals surface area contributed by atoms with Gasteiger partial charge in [-0.2, -0.15) is 0 Å². The highest BCUT2D eigenvalue weighted by Gasteiger charge is 2.23. The molecule has 1 aromatic carbocycles. The maximum atomic E-state index is 5.99. The highest BCUT2D eigenvalue weighted by molar-refractivity contribution is 6.30. The third-order valence-electron chi connectivity index (χ3n) is 3.53. The second kappa shape index (κ2) is 6.44. The Hall–Kier alpha value is -0.730. The lowest BCUT2D eigenvalue weighted by molar-refractivity contribution is 0.219. The topological polar surface area (TPSA) is 21.3 Å². The van der Waals surface area contributed by atoms with Crippen molar-refractivity contribution in [2.75, 3.05) is 6.54 Å². The summed E-state index contributed by atoms with van der Waals surface area (Å²) in [5.41, 5.74) is 1.23. The number of hydrogen-bond donors (Lipinski definition) is 1. The summed E-state index contributed by atoms with van der Waals surface area (Å²) in [5.74, 6) is 0.995.